The van der Waals surface area contributed by atoms with Gasteiger partial charge >= 0.3 is 5.97 Å². The van der Waals surface area contributed by atoms with Crippen molar-refractivity contribution in [1.82, 2.24) is 19.6 Å². The van der Waals surface area contributed by atoms with Gasteiger partial charge < -0.3 is 9.47 Å². The average molecular weight is 449 g/mol. The summed E-state index contributed by atoms with van der Waals surface area (Å²) in [6.45, 7) is 9.52. The van der Waals surface area contributed by atoms with Crippen LogP contribution in [-0.4, -0.2) is 43.5 Å². The molecule has 0 amide bonds. The topological polar surface area (TPSA) is 78.6 Å². The van der Waals surface area contributed by atoms with Crippen LogP contribution >= 0.6 is 23.1 Å². The van der Waals surface area contributed by atoms with Gasteiger partial charge in [-0.25, -0.2) is 4.98 Å². The van der Waals surface area contributed by atoms with Gasteiger partial charge in [-0.15, -0.1) is 21.5 Å². The minimum atomic E-state index is -0.216. The second-order valence-electron chi connectivity index (χ2n) is 8.15. The molecule has 0 aliphatic carbocycles. The van der Waals surface area contributed by atoms with Crippen molar-refractivity contribution in [2.45, 2.75) is 77.2 Å². The Morgan fingerprint density at radius 2 is 2.13 bits per heavy atom. The van der Waals surface area contributed by atoms with E-state index in [1.54, 1.807) is 11.3 Å². The van der Waals surface area contributed by atoms with Crippen molar-refractivity contribution in [2.24, 2.45) is 0 Å². The van der Waals surface area contributed by atoms with Gasteiger partial charge in [-0.05, 0) is 25.8 Å². The zero-order valence-electron chi connectivity index (χ0n) is 18.0. The van der Waals surface area contributed by atoms with Gasteiger partial charge in [0.2, 0.25) is 0 Å². The number of nitrogens with zero attached hydrogens (tertiary/aromatic N) is 4. The molecule has 4 heterocycles. The zero-order chi connectivity index (χ0) is 21.3. The molecular weight excluding hydrogens is 420 g/mol. The number of thiophene rings is 1. The highest BCUT2D eigenvalue weighted by Gasteiger charge is 2.31. The highest BCUT2D eigenvalue weighted by molar-refractivity contribution is 7.99. The van der Waals surface area contributed by atoms with Crippen LogP contribution in [0.4, 0.5) is 0 Å². The molecule has 1 aliphatic rings. The maximum Gasteiger partial charge on any atom is 0.316 e. The fraction of sp³-hybridized carbons (Fsp3) is 0.619. The molecule has 0 bridgehead atoms. The number of ether oxygens (including phenoxy) is 2. The molecule has 4 rings (SSSR count). The third-order valence-corrected chi connectivity index (χ3v) is 7.26. The van der Waals surface area contributed by atoms with Crippen LogP contribution in [0.1, 0.15) is 63.2 Å². The average Bonchev–Trinajstić information content (AvgIpc) is 3.29. The molecule has 0 spiro atoms. The maximum atomic E-state index is 12.1. The van der Waals surface area contributed by atoms with E-state index in [9.17, 15) is 4.79 Å². The minimum Gasteiger partial charge on any atom is -0.465 e. The Hall–Kier alpha value is -1.71. The van der Waals surface area contributed by atoms with Crippen molar-refractivity contribution in [3.63, 3.8) is 0 Å². The van der Waals surface area contributed by atoms with Crippen LogP contribution < -0.4 is 0 Å². The maximum absolute atomic E-state index is 12.1. The molecule has 0 saturated heterocycles. The molecule has 162 valence electrons. The largest absolute Gasteiger partial charge is 0.465 e. The van der Waals surface area contributed by atoms with Crippen LogP contribution in [0.2, 0.25) is 0 Å². The Balaban J connectivity index is 1.64. The third-order valence-electron chi connectivity index (χ3n) is 5.26. The predicted octanol–water partition coefficient (Wildman–Crippen LogP) is 4.58. The molecule has 0 saturated carbocycles. The van der Waals surface area contributed by atoms with E-state index < -0.39 is 0 Å². The first-order chi connectivity index (χ1) is 14.4. The van der Waals surface area contributed by atoms with E-state index in [0.717, 1.165) is 53.8 Å². The Morgan fingerprint density at radius 1 is 1.30 bits per heavy atom. The number of rotatable bonds is 8. The number of thioether (sulfide) groups is 1. The summed E-state index contributed by atoms with van der Waals surface area (Å²) in [6, 6.07) is 0. The minimum absolute atomic E-state index is 0.208. The van der Waals surface area contributed by atoms with Crippen LogP contribution in [0.25, 0.3) is 15.9 Å². The molecule has 9 heteroatoms. The molecule has 3 aromatic rings. The summed E-state index contributed by atoms with van der Waals surface area (Å²) in [5.41, 5.74) is 1.89. The first-order valence-electron chi connectivity index (χ1n) is 10.5. The molecule has 0 aromatic carbocycles. The van der Waals surface area contributed by atoms with Crippen molar-refractivity contribution >= 4 is 44.9 Å². The number of fused-ring (bicyclic) bond motifs is 5. The van der Waals surface area contributed by atoms with Gasteiger partial charge in [0.1, 0.15) is 10.7 Å². The summed E-state index contributed by atoms with van der Waals surface area (Å²) < 4.78 is 13.3. The molecule has 3 aromatic heterocycles. The van der Waals surface area contributed by atoms with Gasteiger partial charge in [0.15, 0.2) is 10.8 Å². The van der Waals surface area contributed by atoms with Gasteiger partial charge in [-0.3, -0.25) is 9.20 Å². The predicted molar refractivity (Wildman–Crippen MR) is 119 cm³/mol. The van der Waals surface area contributed by atoms with Gasteiger partial charge in [-0.2, -0.15) is 0 Å². The van der Waals surface area contributed by atoms with E-state index in [1.807, 2.05) is 4.40 Å². The summed E-state index contributed by atoms with van der Waals surface area (Å²) in [4.78, 5) is 19.2. The second-order valence-corrected chi connectivity index (χ2v) is 10.2. The number of hydrogen-bond donors (Lipinski definition) is 0. The van der Waals surface area contributed by atoms with Crippen LogP contribution in [-0.2, 0) is 33.7 Å². The Morgan fingerprint density at radius 3 is 2.90 bits per heavy atom. The highest BCUT2D eigenvalue weighted by Crippen LogP contribution is 2.40. The van der Waals surface area contributed by atoms with E-state index in [-0.39, 0.29) is 17.3 Å². The number of esters is 1. The lowest BCUT2D eigenvalue weighted by molar-refractivity contribution is -0.140. The lowest BCUT2D eigenvalue weighted by atomic mass is 9.94. The first-order valence-corrected chi connectivity index (χ1v) is 12.3. The fourth-order valence-electron chi connectivity index (χ4n) is 3.71. The molecule has 0 N–H and O–H groups in total. The molecule has 30 heavy (non-hydrogen) atoms. The number of hydrogen-bond acceptors (Lipinski definition) is 8. The second kappa shape index (κ2) is 8.80. The number of carbonyl (C=O) groups excluding carboxylic acids is 1. The zero-order valence-corrected chi connectivity index (χ0v) is 19.6. The van der Waals surface area contributed by atoms with Crippen molar-refractivity contribution in [3.05, 3.63) is 16.3 Å². The summed E-state index contributed by atoms with van der Waals surface area (Å²) in [7, 11) is 0. The normalized spacial score (nSPS) is 15.6. The number of carbonyl (C=O) groups is 1. The lowest BCUT2D eigenvalue weighted by Crippen LogP contribution is -2.31. The van der Waals surface area contributed by atoms with Crippen LogP contribution in [0, 0.1) is 0 Å². The van der Waals surface area contributed by atoms with Gasteiger partial charge in [0, 0.05) is 17.7 Å². The molecule has 1 aliphatic heterocycles. The molecule has 7 nitrogen and oxygen atoms in total. The lowest BCUT2D eigenvalue weighted by Gasteiger charge is -2.30. The monoisotopic (exact) mass is 448 g/mol. The van der Waals surface area contributed by atoms with Crippen molar-refractivity contribution in [3.8, 4) is 0 Å². The highest BCUT2D eigenvalue weighted by atomic mass is 32.2. The van der Waals surface area contributed by atoms with Gasteiger partial charge in [0.05, 0.1) is 30.0 Å². The number of aryl methyl sites for hydroxylation is 1. The quantitative estimate of drug-likeness (QED) is 0.283. The number of aromatic nitrogens is 4. The standard InChI is InChI=1S/C21H28N4O3S2/c1-5-7-8-9-27-16(26)12-29-20-24-23-18-17-13-10-21(3,4)28-11-14(13)30-19(17)22-15(6-2)25(18)20/h5-12H2,1-4H3. The Labute approximate surface area is 184 Å². The van der Waals surface area contributed by atoms with Crippen LogP contribution in [0.15, 0.2) is 5.16 Å². The van der Waals surface area contributed by atoms with Crippen LogP contribution in [0.3, 0.4) is 0 Å². The summed E-state index contributed by atoms with van der Waals surface area (Å²) in [6.07, 6.45) is 4.67. The molecule has 0 atom stereocenters. The molecule has 0 radical (unpaired) electrons. The van der Waals surface area contributed by atoms with E-state index in [0.29, 0.717) is 18.4 Å². The third kappa shape index (κ3) is 4.20. The Kier molecular flexibility index (Phi) is 6.31. The summed E-state index contributed by atoms with van der Waals surface area (Å²) in [5.74, 6) is 0.906. The van der Waals surface area contributed by atoms with Crippen molar-refractivity contribution in [2.75, 3.05) is 12.4 Å². The van der Waals surface area contributed by atoms with E-state index in [1.165, 1.54) is 22.2 Å². The molecular formula is C21H28N4O3S2. The SMILES string of the molecule is CCCCCOC(=O)CSc1nnc2c3c4c(sc3nc(CC)n12)COC(C)(C)C4. The van der Waals surface area contributed by atoms with E-state index in [4.69, 9.17) is 14.5 Å². The van der Waals surface area contributed by atoms with E-state index in [2.05, 4.69) is 37.9 Å². The van der Waals surface area contributed by atoms with Gasteiger partial charge in [-0.1, -0.05) is 38.5 Å². The van der Waals surface area contributed by atoms with E-state index >= 15 is 0 Å². The summed E-state index contributed by atoms with van der Waals surface area (Å²) in [5, 5.41) is 10.7. The van der Waals surface area contributed by atoms with Crippen molar-refractivity contribution in [1.29, 1.82) is 0 Å². The smallest absolute Gasteiger partial charge is 0.316 e. The molecule has 0 unspecified atom stereocenters. The molecule has 0 fully saturated rings. The van der Waals surface area contributed by atoms with Crippen LogP contribution in [0.5, 0.6) is 0 Å². The fourth-order valence-corrected chi connectivity index (χ4v) is 5.58. The summed E-state index contributed by atoms with van der Waals surface area (Å²) >= 11 is 3.05. The number of unbranched alkanes of at least 4 members (excludes halogenated alkanes) is 2. The first kappa shape index (κ1) is 21.5. The van der Waals surface area contributed by atoms with Crippen molar-refractivity contribution < 1.29 is 14.3 Å². The van der Waals surface area contributed by atoms with Gasteiger partial charge in [0.25, 0.3) is 0 Å². The Bertz CT molecular complexity index is 1070.